The quantitative estimate of drug-likeness (QED) is 0.879. The van der Waals surface area contributed by atoms with Crippen LogP contribution in [0.5, 0.6) is 0 Å². The third-order valence-electron chi connectivity index (χ3n) is 2.77. The topological polar surface area (TPSA) is 59.1 Å². The number of hydrogen-bond donors (Lipinski definition) is 2. The molecule has 2 rings (SSSR count). The Bertz CT molecular complexity index is 569. The summed E-state index contributed by atoms with van der Waals surface area (Å²) in [6, 6.07) is 5.58. The van der Waals surface area contributed by atoms with Crippen LogP contribution in [0, 0.1) is 12.7 Å². The summed E-state index contributed by atoms with van der Waals surface area (Å²) in [5, 5.41) is 10.5. The van der Waals surface area contributed by atoms with Crippen LogP contribution in [0.3, 0.4) is 0 Å². The number of aromatic nitrogens is 1. The molecule has 0 aliphatic heterocycles. The van der Waals surface area contributed by atoms with E-state index in [9.17, 15) is 9.50 Å². The molecular weight excluding hydrogens is 255 g/mol. The molecule has 18 heavy (non-hydrogen) atoms. The number of nitrogens with zero attached hydrogens (tertiary/aromatic N) is 1. The molecule has 1 aromatic heterocycles. The first-order valence-electron chi connectivity index (χ1n) is 5.34. The SMILES string of the molecule is Cc1ccnc(N)c1C(O)c1ccc(F)cc1Cl. The van der Waals surface area contributed by atoms with Crippen LogP contribution in [0.2, 0.25) is 5.02 Å². The lowest BCUT2D eigenvalue weighted by Gasteiger charge is -2.16. The number of rotatable bonds is 2. The Morgan fingerprint density at radius 2 is 2.11 bits per heavy atom. The van der Waals surface area contributed by atoms with Crippen molar-refractivity contribution in [1.29, 1.82) is 0 Å². The highest BCUT2D eigenvalue weighted by molar-refractivity contribution is 6.31. The highest BCUT2D eigenvalue weighted by Crippen LogP contribution is 2.32. The van der Waals surface area contributed by atoms with E-state index in [4.69, 9.17) is 17.3 Å². The van der Waals surface area contributed by atoms with Gasteiger partial charge in [0, 0.05) is 22.3 Å². The van der Waals surface area contributed by atoms with E-state index >= 15 is 0 Å². The number of aliphatic hydroxyl groups excluding tert-OH is 1. The molecule has 0 radical (unpaired) electrons. The van der Waals surface area contributed by atoms with Crippen LogP contribution in [-0.2, 0) is 0 Å². The standard InChI is InChI=1S/C13H12ClFN2O/c1-7-4-5-17-13(16)11(7)12(18)9-3-2-8(15)6-10(9)14/h2-6,12,18H,1H3,(H2,16,17). The summed E-state index contributed by atoms with van der Waals surface area (Å²) in [4.78, 5) is 3.93. The molecule has 0 aliphatic rings. The van der Waals surface area contributed by atoms with Gasteiger partial charge < -0.3 is 10.8 Å². The Labute approximate surface area is 109 Å². The maximum atomic E-state index is 13.0. The fourth-order valence-electron chi connectivity index (χ4n) is 1.83. The van der Waals surface area contributed by atoms with Gasteiger partial charge in [0.2, 0.25) is 0 Å². The number of benzene rings is 1. The number of pyridine rings is 1. The maximum absolute atomic E-state index is 13.0. The number of aliphatic hydroxyl groups is 1. The van der Waals surface area contributed by atoms with Crippen molar-refractivity contribution in [1.82, 2.24) is 4.98 Å². The van der Waals surface area contributed by atoms with Gasteiger partial charge in [-0.05, 0) is 30.7 Å². The second-order valence-corrected chi connectivity index (χ2v) is 4.40. The lowest BCUT2D eigenvalue weighted by molar-refractivity contribution is 0.220. The molecule has 1 atom stereocenters. The molecule has 0 amide bonds. The molecular formula is C13H12ClFN2O. The van der Waals surface area contributed by atoms with Gasteiger partial charge in [0.25, 0.3) is 0 Å². The summed E-state index contributed by atoms with van der Waals surface area (Å²) < 4.78 is 13.0. The predicted octanol–water partition coefficient (Wildman–Crippen LogP) is 2.85. The minimum absolute atomic E-state index is 0.158. The molecule has 3 nitrogen and oxygen atoms in total. The Hall–Kier alpha value is -1.65. The summed E-state index contributed by atoms with van der Waals surface area (Å²) in [7, 11) is 0. The van der Waals surface area contributed by atoms with Crippen molar-refractivity contribution in [3.63, 3.8) is 0 Å². The van der Waals surface area contributed by atoms with E-state index in [2.05, 4.69) is 4.98 Å². The molecule has 1 heterocycles. The van der Waals surface area contributed by atoms with Gasteiger partial charge >= 0.3 is 0 Å². The van der Waals surface area contributed by atoms with Crippen LogP contribution in [0.25, 0.3) is 0 Å². The number of hydrogen-bond acceptors (Lipinski definition) is 3. The molecule has 0 fully saturated rings. The highest BCUT2D eigenvalue weighted by atomic mass is 35.5. The minimum Gasteiger partial charge on any atom is -0.383 e. The first-order valence-corrected chi connectivity index (χ1v) is 5.72. The largest absolute Gasteiger partial charge is 0.383 e. The van der Waals surface area contributed by atoms with Crippen molar-refractivity contribution in [3.05, 3.63) is 58.0 Å². The van der Waals surface area contributed by atoms with Crippen molar-refractivity contribution in [3.8, 4) is 0 Å². The Morgan fingerprint density at radius 1 is 1.39 bits per heavy atom. The van der Waals surface area contributed by atoms with Gasteiger partial charge in [-0.15, -0.1) is 0 Å². The smallest absolute Gasteiger partial charge is 0.129 e. The number of nitrogens with two attached hydrogens (primary N) is 1. The first kappa shape index (κ1) is 12.8. The molecule has 0 aliphatic carbocycles. The van der Waals surface area contributed by atoms with Crippen LogP contribution in [0.1, 0.15) is 22.8 Å². The van der Waals surface area contributed by atoms with E-state index in [1.807, 2.05) is 6.92 Å². The van der Waals surface area contributed by atoms with Gasteiger partial charge in [-0.1, -0.05) is 17.7 Å². The van der Waals surface area contributed by atoms with Crippen LogP contribution < -0.4 is 5.73 Å². The highest BCUT2D eigenvalue weighted by Gasteiger charge is 2.19. The van der Waals surface area contributed by atoms with Crippen molar-refractivity contribution in [2.45, 2.75) is 13.0 Å². The Balaban J connectivity index is 2.51. The second-order valence-electron chi connectivity index (χ2n) is 4.00. The summed E-state index contributed by atoms with van der Waals surface area (Å²) in [6.45, 7) is 1.81. The number of aryl methyl sites for hydroxylation is 1. The van der Waals surface area contributed by atoms with Gasteiger partial charge in [-0.3, -0.25) is 0 Å². The second kappa shape index (κ2) is 4.92. The summed E-state index contributed by atoms with van der Waals surface area (Å²) in [6.07, 6.45) is 0.541. The average molecular weight is 267 g/mol. The molecule has 0 saturated heterocycles. The maximum Gasteiger partial charge on any atom is 0.129 e. The fourth-order valence-corrected chi connectivity index (χ4v) is 2.10. The zero-order valence-electron chi connectivity index (χ0n) is 9.69. The van der Waals surface area contributed by atoms with Crippen molar-refractivity contribution in [2.75, 3.05) is 5.73 Å². The van der Waals surface area contributed by atoms with Crippen LogP contribution >= 0.6 is 11.6 Å². The van der Waals surface area contributed by atoms with E-state index in [1.54, 1.807) is 12.3 Å². The van der Waals surface area contributed by atoms with Gasteiger partial charge in [0.15, 0.2) is 0 Å². The average Bonchev–Trinajstić information content (AvgIpc) is 2.28. The molecule has 1 unspecified atom stereocenters. The molecule has 94 valence electrons. The van der Waals surface area contributed by atoms with Crippen molar-refractivity contribution in [2.24, 2.45) is 0 Å². The van der Waals surface area contributed by atoms with Crippen LogP contribution in [0.15, 0.2) is 30.5 Å². The zero-order valence-corrected chi connectivity index (χ0v) is 10.4. The van der Waals surface area contributed by atoms with Gasteiger partial charge in [-0.2, -0.15) is 0 Å². The van der Waals surface area contributed by atoms with Gasteiger partial charge in [0.1, 0.15) is 17.7 Å². The molecule has 0 bridgehead atoms. The zero-order chi connectivity index (χ0) is 13.3. The van der Waals surface area contributed by atoms with E-state index in [0.717, 1.165) is 11.6 Å². The van der Waals surface area contributed by atoms with E-state index in [1.165, 1.54) is 12.1 Å². The molecule has 0 spiro atoms. The molecule has 0 saturated carbocycles. The van der Waals surface area contributed by atoms with Crippen LogP contribution in [-0.4, -0.2) is 10.1 Å². The Kier molecular flexibility index (Phi) is 3.50. The number of anilines is 1. The lowest BCUT2D eigenvalue weighted by atomic mass is 9.98. The molecule has 2 aromatic rings. The molecule has 5 heteroatoms. The van der Waals surface area contributed by atoms with Crippen LogP contribution in [0.4, 0.5) is 10.2 Å². The number of halogens is 2. The van der Waals surface area contributed by atoms with E-state index in [-0.39, 0.29) is 10.8 Å². The minimum atomic E-state index is -1.02. The van der Waals surface area contributed by atoms with E-state index in [0.29, 0.717) is 11.1 Å². The van der Waals surface area contributed by atoms with E-state index < -0.39 is 11.9 Å². The summed E-state index contributed by atoms with van der Waals surface area (Å²) in [5.41, 5.74) is 7.45. The molecule has 1 aromatic carbocycles. The van der Waals surface area contributed by atoms with Gasteiger partial charge in [-0.25, -0.2) is 9.37 Å². The normalized spacial score (nSPS) is 12.4. The third kappa shape index (κ3) is 2.30. The monoisotopic (exact) mass is 266 g/mol. The Morgan fingerprint density at radius 3 is 2.72 bits per heavy atom. The predicted molar refractivity (Wildman–Crippen MR) is 68.9 cm³/mol. The summed E-state index contributed by atoms with van der Waals surface area (Å²) >= 11 is 5.92. The molecule has 3 N–H and O–H groups in total. The number of nitrogen functional groups attached to an aromatic ring is 1. The van der Waals surface area contributed by atoms with Gasteiger partial charge in [0.05, 0.1) is 0 Å². The lowest BCUT2D eigenvalue weighted by Crippen LogP contribution is -2.08. The first-order chi connectivity index (χ1) is 8.50. The van der Waals surface area contributed by atoms with Crippen molar-refractivity contribution < 1.29 is 9.50 Å². The van der Waals surface area contributed by atoms with Crippen molar-refractivity contribution >= 4 is 17.4 Å². The third-order valence-corrected chi connectivity index (χ3v) is 3.10. The fraction of sp³-hybridized carbons (Fsp3) is 0.154. The summed E-state index contributed by atoms with van der Waals surface area (Å²) in [5.74, 6) is -0.213.